The zero-order valence-corrected chi connectivity index (χ0v) is 6.43. The molecule has 2 atom stereocenters. The second-order valence-corrected chi connectivity index (χ2v) is 2.66. The van der Waals surface area contributed by atoms with Crippen LogP contribution >= 0.6 is 17.3 Å². The van der Waals surface area contributed by atoms with Crippen molar-refractivity contribution in [3.63, 3.8) is 0 Å². The summed E-state index contributed by atoms with van der Waals surface area (Å²) >= 11 is 0. The van der Waals surface area contributed by atoms with E-state index >= 15 is 0 Å². The van der Waals surface area contributed by atoms with Gasteiger partial charge in [-0.2, -0.15) is 0 Å². The molecule has 0 aromatic rings. The van der Waals surface area contributed by atoms with Crippen LogP contribution in [0.1, 0.15) is 6.42 Å². The molecule has 0 amide bonds. The lowest BCUT2D eigenvalue weighted by molar-refractivity contribution is 0.939. The van der Waals surface area contributed by atoms with Gasteiger partial charge in [0.2, 0.25) is 0 Å². The van der Waals surface area contributed by atoms with Crippen molar-refractivity contribution in [1.29, 1.82) is 0 Å². The lowest BCUT2D eigenvalue weighted by Gasteiger charge is -1.92. The smallest absolute Gasteiger partial charge is 0.00251 e. The van der Waals surface area contributed by atoms with Crippen molar-refractivity contribution in [1.82, 2.24) is 5.09 Å². The maximum atomic E-state index is 3.59. The Morgan fingerprint density at radius 2 is 2.57 bits per heavy atom. The quantitative estimate of drug-likeness (QED) is 0.350. The largest absolute Gasteiger partial charge is 0.295 e. The van der Waals surface area contributed by atoms with Gasteiger partial charge in [0, 0.05) is 6.54 Å². The highest BCUT2D eigenvalue weighted by Gasteiger charge is 1.74. The summed E-state index contributed by atoms with van der Waals surface area (Å²) in [5.41, 5.74) is 0. The Labute approximate surface area is 48.9 Å². The van der Waals surface area contributed by atoms with Gasteiger partial charge in [0.15, 0.2) is 0 Å². The number of hydrogen-bond acceptors (Lipinski definition) is 1. The van der Waals surface area contributed by atoms with E-state index in [-0.39, 0.29) is 0 Å². The highest BCUT2D eigenvalue weighted by Crippen LogP contribution is 2.12. The van der Waals surface area contributed by atoms with Gasteiger partial charge in [0.25, 0.3) is 0 Å². The summed E-state index contributed by atoms with van der Waals surface area (Å²) in [5, 5.41) is 3.17. The van der Waals surface area contributed by atoms with E-state index in [4.69, 9.17) is 0 Å². The molecule has 0 aromatic carbocycles. The zero-order valence-electron chi connectivity index (χ0n) is 4.28. The number of nitrogens with one attached hydrogen (secondary N) is 1. The van der Waals surface area contributed by atoms with Crippen LogP contribution in [0.5, 0.6) is 0 Å². The second-order valence-electron chi connectivity index (χ2n) is 1.15. The first-order valence-electron chi connectivity index (χ1n) is 2.21. The fourth-order valence-corrected chi connectivity index (χ4v) is 0.968. The summed E-state index contributed by atoms with van der Waals surface area (Å²) in [7, 11) is 3.42. The van der Waals surface area contributed by atoms with Crippen LogP contribution in [0.4, 0.5) is 0 Å². The lowest BCUT2D eigenvalue weighted by atomic mass is 10.4. The van der Waals surface area contributed by atoms with Crippen LogP contribution < -0.4 is 5.09 Å². The van der Waals surface area contributed by atoms with Gasteiger partial charge < -0.3 is 0 Å². The van der Waals surface area contributed by atoms with Gasteiger partial charge in [-0.1, -0.05) is 15.0 Å². The van der Waals surface area contributed by atoms with Crippen molar-refractivity contribution in [2.45, 2.75) is 6.42 Å². The molecule has 3 heteroatoms. The van der Waals surface area contributed by atoms with Crippen LogP contribution in [0.25, 0.3) is 0 Å². The molecule has 0 saturated heterocycles. The molecule has 7 heavy (non-hydrogen) atoms. The minimum atomic E-state index is 0.787. The Balaban J connectivity index is 2.56. The average molecular weight is 135 g/mol. The fourth-order valence-electron chi connectivity index (χ4n) is 0.246. The molecule has 0 rings (SSSR count). The molecule has 1 N–H and O–H groups in total. The number of hydrogen-bond donors (Lipinski definition) is 1. The third kappa shape index (κ3) is 6.56. The molecule has 0 fully saturated rings. The molecule has 0 aliphatic heterocycles. The minimum absolute atomic E-state index is 0.787. The second kappa shape index (κ2) is 6.56. The van der Waals surface area contributed by atoms with Crippen molar-refractivity contribution >= 4 is 17.3 Å². The van der Waals surface area contributed by atoms with Gasteiger partial charge >= 0.3 is 0 Å². The maximum Gasteiger partial charge on any atom is 0.00251 e. The molecule has 0 radical (unpaired) electrons. The molecule has 0 aliphatic carbocycles. The summed E-state index contributed by atoms with van der Waals surface area (Å²) in [6.07, 6.45) is 2.99. The van der Waals surface area contributed by atoms with Crippen LogP contribution in [-0.4, -0.2) is 6.54 Å². The van der Waals surface area contributed by atoms with Crippen LogP contribution in [0.15, 0.2) is 12.7 Å². The van der Waals surface area contributed by atoms with E-state index in [1.54, 1.807) is 0 Å². The predicted molar refractivity (Wildman–Crippen MR) is 40.8 cm³/mol. The minimum Gasteiger partial charge on any atom is -0.295 e. The Morgan fingerprint density at radius 1 is 1.86 bits per heavy atom. The Bertz CT molecular complexity index is 47.0. The molecular formula is C4H11NP2. The summed E-state index contributed by atoms with van der Waals surface area (Å²) in [4.78, 5) is 0. The van der Waals surface area contributed by atoms with Crippen molar-refractivity contribution in [2.24, 2.45) is 0 Å². The Morgan fingerprint density at radius 3 is 3.00 bits per heavy atom. The molecule has 0 heterocycles. The molecule has 0 aromatic heterocycles. The van der Waals surface area contributed by atoms with E-state index in [9.17, 15) is 0 Å². The van der Waals surface area contributed by atoms with E-state index in [1.165, 1.54) is 0 Å². The highest BCUT2D eigenvalue weighted by atomic mass is 32.0. The van der Waals surface area contributed by atoms with Crippen molar-refractivity contribution in [3.05, 3.63) is 12.7 Å². The molecule has 0 spiro atoms. The molecule has 42 valence electrons. The van der Waals surface area contributed by atoms with E-state index in [1.807, 2.05) is 6.08 Å². The normalized spacial score (nSPS) is 10.4. The zero-order chi connectivity index (χ0) is 5.54. The van der Waals surface area contributed by atoms with Gasteiger partial charge in [-0.15, -0.1) is 6.58 Å². The van der Waals surface area contributed by atoms with Gasteiger partial charge in [-0.25, -0.2) is 0 Å². The molecule has 0 saturated carbocycles. The summed E-state index contributed by atoms with van der Waals surface area (Å²) in [5.74, 6) is 0. The van der Waals surface area contributed by atoms with Crippen LogP contribution in [0, 0.1) is 0 Å². The topological polar surface area (TPSA) is 12.0 Å². The Kier molecular flexibility index (Phi) is 7.08. The third-order valence-corrected chi connectivity index (χ3v) is 1.64. The third-order valence-electron chi connectivity index (χ3n) is 0.576. The van der Waals surface area contributed by atoms with Crippen molar-refractivity contribution < 1.29 is 0 Å². The fraction of sp³-hybridized carbons (Fsp3) is 0.500. The molecule has 1 nitrogen and oxygen atoms in total. The van der Waals surface area contributed by atoms with Gasteiger partial charge in [0.1, 0.15) is 0 Å². The summed E-state index contributed by atoms with van der Waals surface area (Å²) in [6, 6.07) is 0. The van der Waals surface area contributed by atoms with Crippen LogP contribution in [0.3, 0.4) is 0 Å². The van der Waals surface area contributed by atoms with E-state index in [2.05, 4.69) is 20.6 Å². The predicted octanol–water partition coefficient (Wildman–Crippen LogP) is 1.54. The van der Waals surface area contributed by atoms with Crippen LogP contribution in [-0.2, 0) is 0 Å². The monoisotopic (exact) mass is 135 g/mol. The first kappa shape index (κ1) is 7.56. The van der Waals surface area contributed by atoms with E-state index < -0.39 is 0 Å². The SMILES string of the molecule is C=CCCNPP. The molecule has 0 aliphatic rings. The first-order valence-corrected chi connectivity index (χ1v) is 5.02. The molecular weight excluding hydrogens is 124 g/mol. The van der Waals surface area contributed by atoms with Crippen molar-refractivity contribution in [3.8, 4) is 0 Å². The van der Waals surface area contributed by atoms with E-state index in [0.29, 0.717) is 0 Å². The molecule has 0 bridgehead atoms. The summed E-state index contributed by atoms with van der Waals surface area (Å²) < 4.78 is 0. The van der Waals surface area contributed by atoms with E-state index in [0.717, 1.165) is 21.4 Å². The lowest BCUT2D eigenvalue weighted by Crippen LogP contribution is -1.98. The Hall–Kier alpha value is 0.560. The number of rotatable bonds is 4. The van der Waals surface area contributed by atoms with Gasteiger partial charge in [-0.3, -0.25) is 5.09 Å². The van der Waals surface area contributed by atoms with Gasteiger partial charge in [0.05, 0.1) is 0 Å². The van der Waals surface area contributed by atoms with Crippen molar-refractivity contribution in [2.75, 3.05) is 6.54 Å². The average Bonchev–Trinajstić information content (AvgIpc) is 1.69. The standard InChI is InChI=1S/C4H11NP2/c1-2-3-4-5-7-6/h2,5,7H,1,3-4,6H2. The molecule has 2 unspecified atom stereocenters. The summed E-state index contributed by atoms with van der Waals surface area (Å²) in [6.45, 7) is 4.65. The highest BCUT2D eigenvalue weighted by molar-refractivity contribution is 8.01. The van der Waals surface area contributed by atoms with Gasteiger partial charge in [-0.05, 0) is 14.8 Å². The maximum absolute atomic E-state index is 3.59. The first-order chi connectivity index (χ1) is 3.41. The van der Waals surface area contributed by atoms with Crippen LogP contribution in [0.2, 0.25) is 0 Å².